The molecular weight excluding hydrogens is 383 g/mol. The third-order valence-electron chi connectivity index (χ3n) is 3.44. The third kappa shape index (κ3) is 3.20. The van der Waals surface area contributed by atoms with Crippen molar-refractivity contribution in [3.8, 4) is 0 Å². The Labute approximate surface area is 136 Å². The number of nitrogens with zero attached hydrogens (tertiary/aromatic N) is 1. The van der Waals surface area contributed by atoms with Crippen molar-refractivity contribution in [3.05, 3.63) is 43.3 Å². The molecule has 0 bridgehead atoms. The molecule has 1 aliphatic carbocycles. The summed E-state index contributed by atoms with van der Waals surface area (Å²) in [7, 11) is 0. The first-order valence-electron chi connectivity index (χ1n) is 6.77. The minimum absolute atomic E-state index is 0.0446. The Bertz CT molecular complexity index is 598. The fourth-order valence-electron chi connectivity index (χ4n) is 2.41. The highest BCUT2D eigenvalue weighted by Gasteiger charge is 2.16. The smallest absolute Gasteiger partial charge is 0.266 e. The lowest BCUT2D eigenvalue weighted by molar-refractivity contribution is 0.103. The fraction of sp³-hybridized carbons (Fsp3) is 0.333. The first-order valence-corrected chi connectivity index (χ1v) is 8.66. The maximum absolute atomic E-state index is 12.3. The summed E-state index contributed by atoms with van der Waals surface area (Å²) in [6, 6.07) is 5.83. The SMILES string of the molecule is O=C(Nc1ccc(I)cn1)c1cc2c(s1)CCCCC2. The second kappa shape index (κ2) is 6.22. The van der Waals surface area contributed by atoms with Crippen LogP contribution < -0.4 is 5.32 Å². The van der Waals surface area contributed by atoms with Crippen LogP contribution in [-0.4, -0.2) is 10.9 Å². The number of aromatic nitrogens is 1. The van der Waals surface area contributed by atoms with Crippen LogP contribution in [0.2, 0.25) is 0 Å². The molecule has 104 valence electrons. The highest BCUT2D eigenvalue weighted by atomic mass is 127. The molecule has 0 saturated carbocycles. The molecule has 0 saturated heterocycles. The number of hydrogen-bond donors (Lipinski definition) is 1. The van der Waals surface area contributed by atoms with E-state index in [2.05, 4.69) is 39.0 Å². The van der Waals surface area contributed by atoms with E-state index in [0.29, 0.717) is 5.82 Å². The molecule has 3 rings (SSSR count). The van der Waals surface area contributed by atoms with Crippen molar-refractivity contribution in [1.82, 2.24) is 4.98 Å². The molecule has 0 aliphatic heterocycles. The van der Waals surface area contributed by atoms with Gasteiger partial charge in [-0.05, 0) is 72.0 Å². The number of hydrogen-bond acceptors (Lipinski definition) is 3. The van der Waals surface area contributed by atoms with Gasteiger partial charge in [-0.25, -0.2) is 4.98 Å². The number of halogens is 1. The number of nitrogens with one attached hydrogen (secondary N) is 1. The van der Waals surface area contributed by atoms with Crippen LogP contribution in [0.5, 0.6) is 0 Å². The number of carbonyl (C=O) groups excluding carboxylic acids is 1. The Morgan fingerprint density at radius 3 is 2.90 bits per heavy atom. The van der Waals surface area contributed by atoms with Crippen molar-refractivity contribution < 1.29 is 4.79 Å². The number of carbonyl (C=O) groups is 1. The summed E-state index contributed by atoms with van der Waals surface area (Å²) in [6.07, 6.45) is 7.77. The Morgan fingerprint density at radius 2 is 2.10 bits per heavy atom. The first-order chi connectivity index (χ1) is 9.72. The molecule has 0 unspecified atom stereocenters. The van der Waals surface area contributed by atoms with Crippen LogP contribution in [0.1, 0.15) is 39.4 Å². The van der Waals surface area contributed by atoms with Crippen LogP contribution in [-0.2, 0) is 12.8 Å². The summed E-state index contributed by atoms with van der Waals surface area (Å²) < 4.78 is 1.06. The topological polar surface area (TPSA) is 42.0 Å². The first kappa shape index (κ1) is 14.0. The summed E-state index contributed by atoms with van der Waals surface area (Å²) in [5.41, 5.74) is 1.37. The monoisotopic (exact) mass is 398 g/mol. The van der Waals surface area contributed by atoms with E-state index in [-0.39, 0.29) is 5.91 Å². The number of thiophene rings is 1. The summed E-state index contributed by atoms with van der Waals surface area (Å²) in [6.45, 7) is 0. The van der Waals surface area contributed by atoms with Crippen molar-refractivity contribution in [2.45, 2.75) is 32.1 Å². The van der Waals surface area contributed by atoms with Gasteiger partial charge in [0.2, 0.25) is 0 Å². The summed E-state index contributed by atoms with van der Waals surface area (Å²) in [5, 5.41) is 2.87. The Kier molecular flexibility index (Phi) is 4.35. The maximum atomic E-state index is 12.3. The van der Waals surface area contributed by atoms with Crippen LogP contribution in [0.15, 0.2) is 24.4 Å². The molecule has 3 nitrogen and oxygen atoms in total. The van der Waals surface area contributed by atoms with Crippen LogP contribution in [0.25, 0.3) is 0 Å². The largest absolute Gasteiger partial charge is 0.306 e. The lowest BCUT2D eigenvalue weighted by Gasteiger charge is -2.02. The van der Waals surface area contributed by atoms with Crippen LogP contribution in [0.4, 0.5) is 5.82 Å². The molecule has 0 aromatic carbocycles. The number of pyridine rings is 1. The van der Waals surface area contributed by atoms with E-state index in [0.717, 1.165) is 21.3 Å². The van der Waals surface area contributed by atoms with Gasteiger partial charge in [0.25, 0.3) is 5.91 Å². The summed E-state index contributed by atoms with van der Waals surface area (Å²) >= 11 is 3.83. The molecule has 0 radical (unpaired) electrons. The molecule has 2 aromatic rings. The molecule has 1 N–H and O–H groups in total. The number of anilines is 1. The van der Waals surface area contributed by atoms with Crippen LogP contribution >= 0.6 is 33.9 Å². The zero-order chi connectivity index (χ0) is 13.9. The molecule has 1 amide bonds. The van der Waals surface area contributed by atoms with Gasteiger partial charge < -0.3 is 5.32 Å². The van der Waals surface area contributed by atoms with E-state index < -0.39 is 0 Å². The molecule has 0 atom stereocenters. The molecule has 1 aliphatic rings. The van der Waals surface area contributed by atoms with Crippen molar-refractivity contribution in [1.29, 1.82) is 0 Å². The van der Waals surface area contributed by atoms with Crippen LogP contribution in [0, 0.1) is 3.57 Å². The number of fused-ring (bicyclic) bond motifs is 1. The molecular formula is C15H15IN2OS. The lowest BCUT2D eigenvalue weighted by Crippen LogP contribution is -2.11. The Morgan fingerprint density at radius 1 is 1.25 bits per heavy atom. The van der Waals surface area contributed by atoms with Gasteiger partial charge in [0, 0.05) is 14.6 Å². The number of aryl methyl sites for hydroxylation is 2. The summed E-state index contributed by atoms with van der Waals surface area (Å²) in [5.74, 6) is 0.566. The van der Waals surface area contributed by atoms with E-state index >= 15 is 0 Å². The van der Waals surface area contributed by atoms with Crippen LogP contribution in [0.3, 0.4) is 0 Å². The van der Waals surface area contributed by atoms with Crippen molar-refractivity contribution in [2.75, 3.05) is 5.32 Å². The quantitative estimate of drug-likeness (QED) is 0.607. The van der Waals surface area contributed by atoms with Gasteiger partial charge in [0.1, 0.15) is 5.82 Å². The van der Waals surface area contributed by atoms with Crippen molar-refractivity contribution in [2.24, 2.45) is 0 Å². The van der Waals surface area contributed by atoms with E-state index in [9.17, 15) is 4.79 Å². The molecule has 0 spiro atoms. The normalized spacial score (nSPS) is 14.4. The predicted molar refractivity (Wildman–Crippen MR) is 90.5 cm³/mol. The highest BCUT2D eigenvalue weighted by Crippen LogP contribution is 2.29. The van der Waals surface area contributed by atoms with Gasteiger partial charge >= 0.3 is 0 Å². The standard InChI is InChI=1S/C15H15IN2OS/c16-11-6-7-14(17-9-11)18-15(19)13-8-10-4-2-1-3-5-12(10)20-13/h6-9H,1-5H2,(H,17,18,19). The van der Waals surface area contributed by atoms with Gasteiger partial charge in [-0.15, -0.1) is 11.3 Å². The second-order valence-electron chi connectivity index (χ2n) is 4.94. The predicted octanol–water partition coefficient (Wildman–Crippen LogP) is 4.27. The molecule has 2 heterocycles. The average Bonchev–Trinajstić information content (AvgIpc) is 2.73. The lowest BCUT2D eigenvalue weighted by atomic mass is 10.1. The van der Waals surface area contributed by atoms with Crippen molar-refractivity contribution in [3.63, 3.8) is 0 Å². The van der Waals surface area contributed by atoms with Gasteiger partial charge in [0.05, 0.1) is 4.88 Å². The minimum Gasteiger partial charge on any atom is -0.306 e. The van der Waals surface area contributed by atoms with Crippen molar-refractivity contribution >= 4 is 45.7 Å². The molecule has 0 fully saturated rings. The fourth-order valence-corrected chi connectivity index (χ4v) is 3.87. The van der Waals surface area contributed by atoms with Gasteiger partial charge in [-0.2, -0.15) is 0 Å². The minimum atomic E-state index is -0.0446. The summed E-state index contributed by atoms with van der Waals surface area (Å²) in [4.78, 5) is 18.7. The van der Waals surface area contributed by atoms with E-state index in [1.807, 2.05) is 12.1 Å². The maximum Gasteiger partial charge on any atom is 0.266 e. The zero-order valence-corrected chi connectivity index (χ0v) is 14.0. The van der Waals surface area contributed by atoms with Gasteiger partial charge in [-0.1, -0.05) is 6.42 Å². The Balaban J connectivity index is 1.75. The van der Waals surface area contributed by atoms with E-state index in [1.165, 1.54) is 29.7 Å². The van der Waals surface area contributed by atoms with Gasteiger partial charge in [0.15, 0.2) is 0 Å². The highest BCUT2D eigenvalue weighted by molar-refractivity contribution is 14.1. The Hall–Kier alpha value is -0.950. The number of rotatable bonds is 2. The van der Waals surface area contributed by atoms with Gasteiger partial charge in [-0.3, -0.25) is 4.79 Å². The third-order valence-corrected chi connectivity index (χ3v) is 5.31. The molecule has 5 heteroatoms. The van der Waals surface area contributed by atoms with E-state index in [1.54, 1.807) is 17.5 Å². The zero-order valence-electron chi connectivity index (χ0n) is 11.0. The molecule has 2 aromatic heterocycles. The number of amides is 1. The average molecular weight is 398 g/mol. The second-order valence-corrected chi connectivity index (χ2v) is 7.32. The van der Waals surface area contributed by atoms with E-state index in [4.69, 9.17) is 0 Å². The molecule has 20 heavy (non-hydrogen) atoms.